The van der Waals surface area contributed by atoms with Gasteiger partial charge in [0.2, 0.25) is 0 Å². The van der Waals surface area contributed by atoms with Crippen molar-refractivity contribution in [1.82, 2.24) is 5.32 Å². The molecule has 17 heavy (non-hydrogen) atoms. The summed E-state index contributed by atoms with van der Waals surface area (Å²) in [7, 11) is 0. The maximum atomic E-state index is 12.9. The number of nitrogens with two attached hydrogens (primary N) is 1. The highest BCUT2D eigenvalue weighted by molar-refractivity contribution is 9.10. The van der Waals surface area contributed by atoms with Gasteiger partial charge in [-0.1, -0.05) is 22.0 Å². The predicted octanol–water partition coefficient (Wildman–Crippen LogP) is 2.33. The molecule has 0 heterocycles. The predicted molar refractivity (Wildman–Crippen MR) is 66.1 cm³/mol. The molecule has 0 aliphatic rings. The fourth-order valence-electron chi connectivity index (χ4n) is 1.39. The first kappa shape index (κ1) is 13.9. The van der Waals surface area contributed by atoms with Crippen molar-refractivity contribution in [2.24, 2.45) is 5.73 Å². The number of benzene rings is 1. The lowest BCUT2D eigenvalue weighted by Gasteiger charge is -2.15. The maximum Gasteiger partial charge on any atom is 0.404 e. The van der Waals surface area contributed by atoms with Gasteiger partial charge in [0, 0.05) is 17.1 Å². The summed E-state index contributed by atoms with van der Waals surface area (Å²) in [5, 5.41) is 3.13. The van der Waals surface area contributed by atoms with Crippen LogP contribution >= 0.6 is 15.9 Å². The zero-order valence-electron chi connectivity index (χ0n) is 9.37. The zero-order valence-corrected chi connectivity index (χ0v) is 11.0. The molecule has 0 saturated heterocycles. The summed E-state index contributed by atoms with van der Waals surface area (Å²) in [4.78, 5) is 10.3. The number of ether oxygens (including phenoxy) is 1. The van der Waals surface area contributed by atoms with E-state index < -0.39 is 6.09 Å². The lowest BCUT2D eigenvalue weighted by molar-refractivity contribution is 0.156. The van der Waals surface area contributed by atoms with Gasteiger partial charge >= 0.3 is 6.09 Å². The minimum atomic E-state index is -0.789. The summed E-state index contributed by atoms with van der Waals surface area (Å²) >= 11 is 3.29. The lowest BCUT2D eigenvalue weighted by Crippen LogP contribution is -2.26. The average Bonchev–Trinajstić information content (AvgIpc) is 2.23. The lowest BCUT2D eigenvalue weighted by atomic mass is 10.1. The van der Waals surface area contributed by atoms with Crippen LogP contribution in [0, 0.1) is 5.82 Å². The summed E-state index contributed by atoms with van der Waals surface area (Å²) < 4.78 is 18.2. The Morgan fingerprint density at radius 1 is 1.65 bits per heavy atom. The van der Waals surface area contributed by atoms with E-state index in [1.165, 1.54) is 12.1 Å². The molecule has 0 spiro atoms. The molecule has 0 radical (unpaired) electrons. The van der Waals surface area contributed by atoms with E-state index >= 15 is 0 Å². The van der Waals surface area contributed by atoms with Gasteiger partial charge in [0.05, 0.1) is 0 Å². The Morgan fingerprint density at radius 3 is 2.94 bits per heavy atom. The van der Waals surface area contributed by atoms with E-state index in [1.54, 1.807) is 6.07 Å². The minimum Gasteiger partial charge on any atom is -0.448 e. The number of carbonyl (C=O) groups is 1. The van der Waals surface area contributed by atoms with Crippen molar-refractivity contribution in [2.75, 3.05) is 13.2 Å². The Morgan fingerprint density at radius 2 is 2.35 bits per heavy atom. The van der Waals surface area contributed by atoms with Crippen LogP contribution in [-0.2, 0) is 4.74 Å². The van der Waals surface area contributed by atoms with E-state index in [0.29, 0.717) is 11.0 Å². The first-order valence-corrected chi connectivity index (χ1v) is 5.90. The van der Waals surface area contributed by atoms with Gasteiger partial charge in [-0.2, -0.15) is 0 Å². The summed E-state index contributed by atoms with van der Waals surface area (Å²) in [6, 6.07) is 4.53. The smallest absolute Gasteiger partial charge is 0.404 e. The van der Waals surface area contributed by atoms with Crippen molar-refractivity contribution in [3.05, 3.63) is 34.1 Å². The highest BCUT2D eigenvalue weighted by Gasteiger charge is 2.09. The molecule has 3 N–H and O–H groups in total. The standard InChI is InChI=1S/C11H14BrFN2O2/c1-7(15-4-5-17-11(14)16)9-3-2-8(13)6-10(9)12/h2-3,6-7,15H,4-5H2,1H3,(H2,14,16). The van der Waals surface area contributed by atoms with Gasteiger partial charge < -0.3 is 15.8 Å². The molecule has 0 aliphatic carbocycles. The second-order valence-electron chi connectivity index (χ2n) is 3.51. The van der Waals surface area contributed by atoms with Gasteiger partial charge in [-0.15, -0.1) is 0 Å². The van der Waals surface area contributed by atoms with Gasteiger partial charge in [0.25, 0.3) is 0 Å². The molecule has 0 saturated carbocycles. The second-order valence-corrected chi connectivity index (χ2v) is 4.36. The van der Waals surface area contributed by atoms with Crippen LogP contribution in [0.2, 0.25) is 0 Å². The van der Waals surface area contributed by atoms with Gasteiger partial charge in [-0.3, -0.25) is 0 Å². The number of carbonyl (C=O) groups excluding carboxylic acids is 1. The normalized spacial score (nSPS) is 12.2. The molecule has 0 aliphatic heterocycles. The topological polar surface area (TPSA) is 64.3 Å². The third-order valence-electron chi connectivity index (χ3n) is 2.23. The Labute approximate surface area is 107 Å². The molecule has 0 fully saturated rings. The minimum absolute atomic E-state index is 0.0152. The average molecular weight is 305 g/mol. The Hall–Kier alpha value is -1.14. The molecule has 1 atom stereocenters. The number of hydrogen-bond donors (Lipinski definition) is 2. The number of hydrogen-bond acceptors (Lipinski definition) is 3. The Bertz CT molecular complexity index is 401. The highest BCUT2D eigenvalue weighted by Crippen LogP contribution is 2.23. The van der Waals surface area contributed by atoms with Crippen LogP contribution in [0.5, 0.6) is 0 Å². The molecule has 1 amide bonds. The monoisotopic (exact) mass is 304 g/mol. The van der Waals surface area contributed by atoms with Crippen LogP contribution in [0.3, 0.4) is 0 Å². The van der Waals surface area contributed by atoms with Crippen LogP contribution in [0.1, 0.15) is 18.5 Å². The van der Waals surface area contributed by atoms with Gasteiger partial charge in [-0.05, 0) is 24.6 Å². The summed E-state index contributed by atoms with van der Waals surface area (Å²) in [5.74, 6) is -0.287. The third-order valence-corrected chi connectivity index (χ3v) is 2.91. The molecule has 1 unspecified atom stereocenters. The molecule has 1 rings (SSSR count). The summed E-state index contributed by atoms with van der Waals surface area (Å²) in [6.07, 6.45) is -0.789. The first-order valence-electron chi connectivity index (χ1n) is 5.11. The van der Waals surface area contributed by atoms with Gasteiger partial charge in [-0.25, -0.2) is 9.18 Å². The molecule has 0 bridgehead atoms. The van der Waals surface area contributed by atoms with Gasteiger partial charge in [0.15, 0.2) is 0 Å². The summed E-state index contributed by atoms with van der Waals surface area (Å²) in [5.41, 5.74) is 5.76. The number of amides is 1. The van der Waals surface area contributed by atoms with E-state index in [4.69, 9.17) is 5.73 Å². The van der Waals surface area contributed by atoms with E-state index in [0.717, 1.165) is 5.56 Å². The Kier molecular flexibility index (Phi) is 5.37. The molecular weight excluding hydrogens is 291 g/mol. The van der Waals surface area contributed by atoms with Gasteiger partial charge in [0.1, 0.15) is 12.4 Å². The number of rotatable bonds is 5. The van der Waals surface area contributed by atoms with E-state index in [9.17, 15) is 9.18 Å². The third kappa shape index (κ3) is 4.70. The van der Waals surface area contributed by atoms with E-state index in [-0.39, 0.29) is 18.5 Å². The van der Waals surface area contributed by atoms with Crippen LogP contribution in [0.4, 0.5) is 9.18 Å². The van der Waals surface area contributed by atoms with Crippen LogP contribution in [0.25, 0.3) is 0 Å². The fraction of sp³-hybridized carbons (Fsp3) is 0.364. The van der Waals surface area contributed by atoms with Crippen molar-refractivity contribution in [3.8, 4) is 0 Å². The van der Waals surface area contributed by atoms with Crippen molar-refractivity contribution < 1.29 is 13.9 Å². The highest BCUT2D eigenvalue weighted by atomic mass is 79.9. The molecular formula is C11H14BrFN2O2. The van der Waals surface area contributed by atoms with Crippen LogP contribution in [-0.4, -0.2) is 19.2 Å². The SMILES string of the molecule is CC(NCCOC(N)=O)c1ccc(F)cc1Br. The number of nitrogens with one attached hydrogen (secondary N) is 1. The number of primary amides is 1. The molecule has 6 heteroatoms. The van der Waals surface area contributed by atoms with Crippen molar-refractivity contribution in [3.63, 3.8) is 0 Å². The molecule has 94 valence electrons. The quantitative estimate of drug-likeness (QED) is 0.821. The maximum absolute atomic E-state index is 12.9. The van der Waals surface area contributed by atoms with Crippen LogP contribution in [0.15, 0.2) is 22.7 Å². The summed E-state index contributed by atoms with van der Waals surface area (Å²) in [6.45, 7) is 2.62. The van der Waals surface area contributed by atoms with E-state index in [2.05, 4.69) is 26.0 Å². The van der Waals surface area contributed by atoms with Crippen molar-refractivity contribution in [1.29, 1.82) is 0 Å². The fourth-order valence-corrected chi connectivity index (χ4v) is 2.08. The molecule has 1 aromatic carbocycles. The molecule has 1 aromatic rings. The largest absolute Gasteiger partial charge is 0.448 e. The first-order chi connectivity index (χ1) is 8.00. The molecule has 4 nitrogen and oxygen atoms in total. The van der Waals surface area contributed by atoms with Crippen LogP contribution < -0.4 is 11.1 Å². The van der Waals surface area contributed by atoms with E-state index in [1.807, 2.05) is 6.92 Å². The van der Waals surface area contributed by atoms with Crippen molar-refractivity contribution >= 4 is 22.0 Å². The van der Waals surface area contributed by atoms with Crippen molar-refractivity contribution in [2.45, 2.75) is 13.0 Å². The zero-order chi connectivity index (χ0) is 12.8. The molecule has 0 aromatic heterocycles. The number of halogens is 2. The Balaban J connectivity index is 2.46. The second kappa shape index (κ2) is 6.56.